The third-order valence-electron chi connectivity index (χ3n) is 4.19. The average molecular weight is 323 g/mol. The minimum absolute atomic E-state index is 0.413. The van der Waals surface area contributed by atoms with E-state index in [-0.39, 0.29) is 0 Å². The summed E-state index contributed by atoms with van der Waals surface area (Å²) in [6, 6.07) is 7.12. The van der Waals surface area contributed by atoms with Crippen LogP contribution in [0.1, 0.15) is 45.4 Å². The number of hydrogen-bond donors (Lipinski definition) is 1. The Morgan fingerprint density at radius 3 is 2.77 bits per heavy atom. The quantitative estimate of drug-likeness (QED) is 0.885. The number of hydrogen-bond acceptors (Lipinski definition) is 4. The Morgan fingerprint density at radius 1 is 1.41 bits per heavy atom. The van der Waals surface area contributed by atoms with E-state index in [0.29, 0.717) is 36.5 Å². The lowest BCUT2D eigenvalue weighted by Gasteiger charge is -2.16. The van der Waals surface area contributed by atoms with Crippen molar-refractivity contribution in [2.24, 2.45) is 0 Å². The van der Waals surface area contributed by atoms with Crippen molar-refractivity contribution in [3.05, 3.63) is 30.0 Å². The van der Waals surface area contributed by atoms with Crippen LogP contribution in [0.4, 0.5) is 0 Å². The lowest BCUT2D eigenvalue weighted by atomic mass is 10.2. The highest BCUT2D eigenvalue weighted by molar-refractivity contribution is 7.91. The van der Waals surface area contributed by atoms with Crippen molar-refractivity contribution in [3.63, 3.8) is 0 Å². The number of rotatable bonds is 6. The number of ether oxygens (including phenoxy) is 1. The zero-order chi connectivity index (χ0) is 16.0. The molecule has 0 bridgehead atoms. The predicted octanol–water partition coefficient (Wildman–Crippen LogP) is 3.36. The fourth-order valence-corrected chi connectivity index (χ4v) is 3.92. The summed E-state index contributed by atoms with van der Waals surface area (Å²) in [5, 5.41) is 0.907. The van der Waals surface area contributed by atoms with Crippen LogP contribution in [0.15, 0.2) is 28.7 Å². The first-order valence-corrected chi connectivity index (χ1v) is 9.02. The van der Waals surface area contributed by atoms with Crippen molar-refractivity contribution < 1.29 is 17.6 Å². The number of benzene rings is 1. The molecule has 1 saturated carbocycles. The van der Waals surface area contributed by atoms with Gasteiger partial charge in [-0.05, 0) is 45.7 Å². The molecule has 0 spiro atoms. The first kappa shape index (κ1) is 15.4. The fourth-order valence-electron chi connectivity index (χ4n) is 2.42. The second-order valence-corrected chi connectivity index (χ2v) is 8.28. The maximum atomic E-state index is 12.3. The van der Waals surface area contributed by atoms with E-state index in [4.69, 9.17) is 9.15 Å². The second kappa shape index (κ2) is 5.28. The number of fused-ring (bicyclic) bond motifs is 1. The summed E-state index contributed by atoms with van der Waals surface area (Å²) in [6.45, 7) is 6.03. The highest BCUT2D eigenvalue weighted by Gasteiger charge is 2.50. The summed E-state index contributed by atoms with van der Waals surface area (Å²) < 4.78 is 38.1. The van der Waals surface area contributed by atoms with E-state index in [0.717, 1.165) is 5.39 Å². The largest absolute Gasteiger partial charge is 0.490 e. The van der Waals surface area contributed by atoms with Crippen molar-refractivity contribution in [2.45, 2.75) is 44.4 Å². The molecule has 120 valence electrons. The Hall–Kier alpha value is -1.53. The van der Waals surface area contributed by atoms with Crippen LogP contribution in [0, 0.1) is 0 Å². The van der Waals surface area contributed by atoms with E-state index in [1.165, 1.54) is 0 Å². The molecule has 1 aliphatic rings. The smallest absolute Gasteiger partial charge is 0.217 e. The van der Waals surface area contributed by atoms with Gasteiger partial charge < -0.3 is 9.15 Å². The molecule has 1 heterocycles. The van der Waals surface area contributed by atoms with Crippen LogP contribution in [-0.4, -0.2) is 19.8 Å². The van der Waals surface area contributed by atoms with E-state index in [1.807, 2.05) is 31.2 Å². The van der Waals surface area contributed by atoms with Gasteiger partial charge in [0.1, 0.15) is 5.76 Å². The van der Waals surface area contributed by atoms with E-state index >= 15 is 0 Å². The van der Waals surface area contributed by atoms with Crippen molar-refractivity contribution in [1.82, 2.24) is 4.72 Å². The molecule has 1 aliphatic carbocycles. The van der Waals surface area contributed by atoms with E-state index in [2.05, 4.69) is 4.72 Å². The molecule has 5 nitrogen and oxygen atoms in total. The Kier molecular flexibility index (Phi) is 3.69. The van der Waals surface area contributed by atoms with E-state index in [1.54, 1.807) is 13.8 Å². The van der Waals surface area contributed by atoms with Gasteiger partial charge in [-0.15, -0.1) is 0 Å². The van der Waals surface area contributed by atoms with Crippen molar-refractivity contribution in [2.75, 3.05) is 6.61 Å². The SMILES string of the molecule is CCOc1cccc2cc(C(C)NS(=O)(=O)C3(C)CC3)oc12. The van der Waals surface area contributed by atoms with Crippen LogP contribution in [0.5, 0.6) is 5.75 Å². The molecule has 1 aromatic heterocycles. The molecule has 0 aliphatic heterocycles. The number of para-hydroxylation sites is 1. The van der Waals surface area contributed by atoms with Gasteiger partial charge in [0.05, 0.1) is 17.4 Å². The molecular formula is C16H21NO4S. The Bertz CT molecular complexity index is 790. The van der Waals surface area contributed by atoms with Gasteiger partial charge in [-0.1, -0.05) is 12.1 Å². The lowest BCUT2D eigenvalue weighted by Crippen LogP contribution is -2.35. The van der Waals surface area contributed by atoms with Gasteiger partial charge in [0.2, 0.25) is 10.0 Å². The van der Waals surface area contributed by atoms with Gasteiger partial charge in [-0.2, -0.15) is 0 Å². The van der Waals surface area contributed by atoms with Gasteiger partial charge in [-0.25, -0.2) is 13.1 Å². The van der Waals surface area contributed by atoms with E-state index < -0.39 is 20.8 Å². The van der Waals surface area contributed by atoms with Gasteiger partial charge in [-0.3, -0.25) is 0 Å². The van der Waals surface area contributed by atoms with Crippen molar-refractivity contribution >= 4 is 21.0 Å². The average Bonchev–Trinajstić information content (AvgIpc) is 3.06. The van der Waals surface area contributed by atoms with Crippen LogP contribution in [0.25, 0.3) is 11.0 Å². The zero-order valence-electron chi connectivity index (χ0n) is 13.0. The molecule has 1 N–H and O–H groups in total. The third kappa shape index (κ3) is 2.61. The maximum absolute atomic E-state index is 12.3. The lowest BCUT2D eigenvalue weighted by molar-refractivity contribution is 0.336. The summed E-state index contributed by atoms with van der Waals surface area (Å²) >= 11 is 0. The molecule has 0 saturated heterocycles. The molecule has 1 unspecified atom stereocenters. The molecule has 22 heavy (non-hydrogen) atoms. The molecule has 6 heteroatoms. The maximum Gasteiger partial charge on any atom is 0.217 e. The molecule has 3 rings (SSSR count). The number of nitrogens with one attached hydrogen (secondary N) is 1. The highest BCUT2D eigenvalue weighted by Crippen LogP contribution is 2.43. The minimum Gasteiger partial charge on any atom is -0.490 e. The standard InChI is InChI=1S/C16H21NO4S/c1-4-20-13-7-5-6-12-10-14(21-15(12)13)11(2)17-22(18,19)16(3)8-9-16/h5-7,10-11,17H,4,8-9H2,1-3H3. The summed E-state index contributed by atoms with van der Waals surface area (Å²) in [4.78, 5) is 0. The minimum atomic E-state index is -3.33. The fraction of sp³-hybridized carbons (Fsp3) is 0.500. The normalized spacial score (nSPS) is 18.3. The topological polar surface area (TPSA) is 68.5 Å². The van der Waals surface area contributed by atoms with Gasteiger partial charge >= 0.3 is 0 Å². The molecule has 2 aromatic rings. The summed E-state index contributed by atoms with van der Waals surface area (Å²) in [6.07, 6.45) is 1.42. The monoisotopic (exact) mass is 323 g/mol. The van der Waals surface area contributed by atoms with Gasteiger partial charge in [0.25, 0.3) is 0 Å². The Morgan fingerprint density at radius 2 is 2.14 bits per heavy atom. The Balaban J connectivity index is 1.88. The summed E-state index contributed by atoms with van der Waals surface area (Å²) in [5.74, 6) is 1.27. The van der Waals surface area contributed by atoms with Crippen LogP contribution >= 0.6 is 0 Å². The van der Waals surface area contributed by atoms with Crippen molar-refractivity contribution in [1.29, 1.82) is 0 Å². The first-order valence-electron chi connectivity index (χ1n) is 7.53. The zero-order valence-corrected chi connectivity index (χ0v) is 13.9. The molecule has 0 radical (unpaired) electrons. The molecule has 0 amide bonds. The highest BCUT2D eigenvalue weighted by atomic mass is 32.2. The van der Waals surface area contributed by atoms with Crippen LogP contribution < -0.4 is 9.46 Å². The molecular weight excluding hydrogens is 302 g/mol. The predicted molar refractivity (Wildman–Crippen MR) is 85.5 cm³/mol. The summed E-state index contributed by atoms with van der Waals surface area (Å²) in [7, 11) is -3.33. The van der Waals surface area contributed by atoms with Crippen molar-refractivity contribution in [3.8, 4) is 5.75 Å². The molecule has 1 fully saturated rings. The van der Waals surface area contributed by atoms with Crippen LogP contribution in [-0.2, 0) is 10.0 Å². The van der Waals surface area contributed by atoms with Crippen LogP contribution in [0.3, 0.4) is 0 Å². The Labute approximate surface area is 130 Å². The summed E-state index contributed by atoms with van der Waals surface area (Å²) in [5.41, 5.74) is 0.656. The first-order chi connectivity index (χ1) is 10.4. The third-order valence-corrected chi connectivity index (χ3v) is 6.56. The van der Waals surface area contributed by atoms with Gasteiger partial charge in [0.15, 0.2) is 11.3 Å². The number of furan rings is 1. The van der Waals surface area contributed by atoms with Gasteiger partial charge in [0, 0.05) is 5.39 Å². The molecule has 1 aromatic carbocycles. The number of sulfonamides is 1. The molecule has 1 atom stereocenters. The van der Waals surface area contributed by atoms with E-state index in [9.17, 15) is 8.42 Å². The van der Waals surface area contributed by atoms with Crippen LogP contribution in [0.2, 0.25) is 0 Å². The second-order valence-electron chi connectivity index (χ2n) is 6.05.